The molecule has 0 aliphatic heterocycles. The van der Waals surface area contributed by atoms with Gasteiger partial charge in [-0.1, -0.05) is 12.1 Å². The third kappa shape index (κ3) is 3.50. The van der Waals surface area contributed by atoms with Crippen molar-refractivity contribution in [3.05, 3.63) is 72.6 Å². The van der Waals surface area contributed by atoms with Gasteiger partial charge in [0.25, 0.3) is 0 Å². The summed E-state index contributed by atoms with van der Waals surface area (Å²) in [6.07, 6.45) is 6.26. The van der Waals surface area contributed by atoms with Gasteiger partial charge in [-0.2, -0.15) is 0 Å². The molecule has 140 valence electrons. The summed E-state index contributed by atoms with van der Waals surface area (Å²) >= 11 is 3.43. The van der Waals surface area contributed by atoms with Crippen LogP contribution in [0.5, 0.6) is 5.75 Å². The van der Waals surface area contributed by atoms with E-state index in [0.717, 1.165) is 43.4 Å². The van der Waals surface area contributed by atoms with Gasteiger partial charge in [0.15, 0.2) is 0 Å². The lowest BCUT2D eigenvalue weighted by Gasteiger charge is -2.17. The van der Waals surface area contributed by atoms with E-state index >= 15 is 0 Å². The van der Waals surface area contributed by atoms with Crippen LogP contribution in [-0.2, 0) is 12.8 Å². The molecular weight excluding hydrogens is 376 g/mol. The molecule has 1 unspecified atom stereocenters. The summed E-state index contributed by atoms with van der Waals surface area (Å²) in [5.41, 5.74) is 0.285. The van der Waals surface area contributed by atoms with Crippen LogP contribution in [0.1, 0.15) is 52.7 Å². The van der Waals surface area contributed by atoms with E-state index in [2.05, 4.69) is 23.6 Å². The smallest absolute Gasteiger partial charge is 0.343 e. The molecule has 0 saturated heterocycles. The van der Waals surface area contributed by atoms with Crippen LogP contribution in [0.15, 0.2) is 50.3 Å². The number of thiophene rings is 2. The summed E-state index contributed by atoms with van der Waals surface area (Å²) in [5, 5.41) is 14.9. The highest BCUT2D eigenvalue weighted by Crippen LogP contribution is 2.52. The SMILES string of the molecule is O=c1oc(CC2(Cc3cccs3)CC2)cc(O)c1C(c1cccs1)C1CC1. The van der Waals surface area contributed by atoms with Crippen LogP contribution in [0.3, 0.4) is 0 Å². The normalized spacial score (nSPS) is 19.1. The van der Waals surface area contributed by atoms with Crippen molar-refractivity contribution < 1.29 is 9.52 Å². The minimum absolute atomic E-state index is 0.0312. The fraction of sp³-hybridized carbons (Fsp3) is 0.409. The fourth-order valence-corrected chi connectivity index (χ4v) is 5.97. The summed E-state index contributed by atoms with van der Waals surface area (Å²) in [7, 11) is 0. The zero-order valence-corrected chi connectivity index (χ0v) is 16.7. The average molecular weight is 399 g/mol. The summed E-state index contributed by atoms with van der Waals surface area (Å²) in [4.78, 5) is 15.4. The molecule has 0 aromatic carbocycles. The molecule has 3 heterocycles. The average Bonchev–Trinajstić information content (AvgIpc) is 3.47. The van der Waals surface area contributed by atoms with E-state index in [4.69, 9.17) is 4.42 Å². The van der Waals surface area contributed by atoms with Crippen LogP contribution in [0.25, 0.3) is 0 Å². The van der Waals surface area contributed by atoms with E-state index in [1.165, 1.54) is 4.88 Å². The lowest BCUT2D eigenvalue weighted by Crippen LogP contribution is -2.17. The number of hydrogen-bond acceptors (Lipinski definition) is 5. The van der Waals surface area contributed by atoms with Crippen molar-refractivity contribution >= 4 is 22.7 Å². The molecule has 1 N–H and O–H groups in total. The molecule has 5 rings (SSSR count). The highest BCUT2D eigenvalue weighted by molar-refractivity contribution is 7.10. The number of hydrogen-bond donors (Lipinski definition) is 1. The molecule has 3 aromatic rings. The van der Waals surface area contributed by atoms with Crippen molar-refractivity contribution in [1.82, 2.24) is 0 Å². The van der Waals surface area contributed by atoms with Gasteiger partial charge in [-0.25, -0.2) is 4.79 Å². The van der Waals surface area contributed by atoms with Gasteiger partial charge in [0.1, 0.15) is 11.5 Å². The molecule has 2 saturated carbocycles. The van der Waals surface area contributed by atoms with Crippen molar-refractivity contribution in [1.29, 1.82) is 0 Å². The monoisotopic (exact) mass is 398 g/mol. The van der Waals surface area contributed by atoms with Gasteiger partial charge in [0, 0.05) is 28.2 Å². The van der Waals surface area contributed by atoms with Gasteiger partial charge in [0.05, 0.1) is 5.56 Å². The molecule has 5 heteroatoms. The lowest BCUT2D eigenvalue weighted by atomic mass is 9.91. The Morgan fingerprint density at radius 3 is 2.52 bits per heavy atom. The maximum absolute atomic E-state index is 12.8. The summed E-state index contributed by atoms with van der Waals surface area (Å²) < 4.78 is 5.73. The van der Waals surface area contributed by atoms with Crippen LogP contribution in [0.2, 0.25) is 0 Å². The summed E-state index contributed by atoms with van der Waals surface area (Å²) in [6.45, 7) is 0. The van der Waals surface area contributed by atoms with Gasteiger partial charge < -0.3 is 9.52 Å². The minimum atomic E-state index is -0.359. The Morgan fingerprint density at radius 2 is 1.93 bits per heavy atom. The first-order valence-electron chi connectivity index (χ1n) is 9.55. The molecule has 2 fully saturated rings. The van der Waals surface area contributed by atoms with Crippen LogP contribution in [0.4, 0.5) is 0 Å². The molecule has 27 heavy (non-hydrogen) atoms. The van der Waals surface area contributed by atoms with Crippen LogP contribution < -0.4 is 5.63 Å². The van der Waals surface area contributed by atoms with Crippen LogP contribution in [0, 0.1) is 11.3 Å². The Morgan fingerprint density at radius 1 is 1.15 bits per heavy atom. The molecule has 2 aliphatic carbocycles. The summed E-state index contributed by atoms with van der Waals surface area (Å²) in [6, 6.07) is 10.0. The largest absolute Gasteiger partial charge is 0.507 e. The first-order valence-corrected chi connectivity index (χ1v) is 11.3. The molecule has 3 nitrogen and oxygen atoms in total. The van der Waals surface area contributed by atoms with Crippen molar-refractivity contribution in [2.75, 3.05) is 0 Å². The van der Waals surface area contributed by atoms with Crippen LogP contribution in [-0.4, -0.2) is 5.11 Å². The fourth-order valence-electron chi connectivity index (χ4n) is 4.16. The second-order valence-corrected chi connectivity index (χ2v) is 10.1. The van der Waals surface area contributed by atoms with E-state index in [-0.39, 0.29) is 22.7 Å². The molecule has 2 aliphatic rings. The second-order valence-electron chi connectivity index (χ2n) is 8.06. The predicted octanol–water partition coefficient (Wildman–Crippen LogP) is 5.58. The molecule has 0 radical (unpaired) electrons. The molecule has 0 bridgehead atoms. The third-order valence-corrected chi connectivity index (χ3v) is 7.74. The first-order chi connectivity index (χ1) is 13.1. The Balaban J connectivity index is 1.43. The lowest BCUT2D eigenvalue weighted by molar-refractivity contribution is 0.372. The molecular formula is C22H22O3S2. The van der Waals surface area contributed by atoms with Crippen LogP contribution >= 0.6 is 22.7 Å². The molecule has 1 atom stereocenters. The predicted molar refractivity (Wildman–Crippen MR) is 109 cm³/mol. The van der Waals surface area contributed by atoms with Crippen molar-refractivity contribution in [2.45, 2.75) is 44.4 Å². The quantitative estimate of drug-likeness (QED) is 0.565. The highest BCUT2D eigenvalue weighted by atomic mass is 32.1. The molecule has 0 amide bonds. The first kappa shape index (κ1) is 17.3. The maximum Gasteiger partial charge on any atom is 0.343 e. The standard InChI is InChI=1S/C22H22O3S2/c23-17-11-15(12-22(7-8-22)13-16-3-1-9-26-16)25-21(24)20(17)19(14-5-6-14)18-4-2-10-27-18/h1-4,9-11,14,19,23H,5-8,12-13H2. The van der Waals surface area contributed by atoms with E-state index < -0.39 is 0 Å². The number of rotatable bonds is 7. The van der Waals surface area contributed by atoms with Crippen molar-refractivity contribution in [3.63, 3.8) is 0 Å². The van der Waals surface area contributed by atoms with Crippen molar-refractivity contribution in [2.24, 2.45) is 11.3 Å². The maximum atomic E-state index is 12.8. The van der Waals surface area contributed by atoms with Gasteiger partial charge in [-0.3, -0.25) is 0 Å². The van der Waals surface area contributed by atoms with Gasteiger partial charge in [-0.05, 0) is 66.3 Å². The van der Waals surface area contributed by atoms with Gasteiger partial charge in [-0.15, -0.1) is 22.7 Å². The zero-order valence-electron chi connectivity index (χ0n) is 15.0. The third-order valence-electron chi connectivity index (χ3n) is 5.91. The van der Waals surface area contributed by atoms with Gasteiger partial charge in [0.2, 0.25) is 0 Å². The van der Waals surface area contributed by atoms with E-state index in [1.54, 1.807) is 28.7 Å². The van der Waals surface area contributed by atoms with E-state index in [1.807, 2.05) is 11.4 Å². The molecule has 3 aromatic heterocycles. The second kappa shape index (κ2) is 6.64. The topological polar surface area (TPSA) is 50.4 Å². The van der Waals surface area contributed by atoms with E-state index in [0.29, 0.717) is 17.2 Å². The Bertz CT molecular complexity index is 977. The Labute approximate surface area is 166 Å². The zero-order chi connectivity index (χ0) is 18.4. The highest BCUT2D eigenvalue weighted by Gasteiger charge is 2.44. The van der Waals surface area contributed by atoms with Gasteiger partial charge >= 0.3 is 5.63 Å². The van der Waals surface area contributed by atoms with E-state index in [9.17, 15) is 9.90 Å². The van der Waals surface area contributed by atoms with Crippen molar-refractivity contribution in [3.8, 4) is 5.75 Å². The molecule has 0 spiro atoms. The Kier molecular flexibility index (Phi) is 4.25. The minimum Gasteiger partial charge on any atom is -0.507 e. The number of aromatic hydroxyl groups is 1. The summed E-state index contributed by atoms with van der Waals surface area (Å²) in [5.74, 6) is 1.14. The Hall–Kier alpha value is -1.85.